The van der Waals surface area contributed by atoms with Gasteiger partial charge in [0, 0.05) is 17.6 Å². The normalized spacial score (nSPS) is 28.2. The van der Waals surface area contributed by atoms with Gasteiger partial charge in [0.2, 0.25) is 5.88 Å². The highest BCUT2D eigenvalue weighted by atomic mass is 32.2. The van der Waals surface area contributed by atoms with Crippen LogP contribution in [-0.4, -0.2) is 45.0 Å². The second kappa shape index (κ2) is 5.56. The summed E-state index contributed by atoms with van der Waals surface area (Å²) in [7, 11) is 0. The lowest BCUT2D eigenvalue weighted by atomic mass is 10.1. The van der Waals surface area contributed by atoms with Gasteiger partial charge in [-0.1, -0.05) is 6.07 Å². The molecule has 0 saturated carbocycles. The van der Waals surface area contributed by atoms with Gasteiger partial charge in [-0.25, -0.2) is 4.98 Å². The topological polar surface area (TPSA) is 62.6 Å². The average Bonchev–Trinajstić information content (AvgIpc) is 2.34. The van der Waals surface area contributed by atoms with Crippen LogP contribution in [0.5, 0.6) is 5.88 Å². The van der Waals surface area contributed by atoms with Crippen molar-refractivity contribution in [1.29, 1.82) is 0 Å². The molecule has 8 heteroatoms. The molecule has 1 aromatic heterocycles. The van der Waals surface area contributed by atoms with Crippen molar-refractivity contribution in [1.82, 2.24) is 4.98 Å². The van der Waals surface area contributed by atoms with Gasteiger partial charge in [0.1, 0.15) is 17.9 Å². The molecule has 19 heavy (non-hydrogen) atoms. The van der Waals surface area contributed by atoms with E-state index in [-0.39, 0.29) is 5.88 Å². The lowest BCUT2D eigenvalue weighted by molar-refractivity contribution is -0.141. The molecule has 0 unspecified atom stereocenters. The number of aliphatic hydroxyl groups excluding tert-OH is 2. The smallest absolute Gasteiger partial charge is 0.433 e. The van der Waals surface area contributed by atoms with E-state index in [1.807, 2.05) is 0 Å². The number of ether oxygens (including phenoxy) is 1. The molecule has 0 bridgehead atoms. The van der Waals surface area contributed by atoms with Crippen LogP contribution in [0.4, 0.5) is 13.2 Å². The van der Waals surface area contributed by atoms with Gasteiger partial charge in [-0.2, -0.15) is 24.9 Å². The fraction of sp³-hybridized carbons (Fsp3) is 0.545. The molecule has 0 radical (unpaired) electrons. The number of nitrogens with zero attached hydrogens (tertiary/aromatic N) is 1. The minimum atomic E-state index is -4.54. The van der Waals surface area contributed by atoms with E-state index < -0.39 is 30.2 Å². The Balaban J connectivity index is 2.11. The number of hydrogen-bond donors (Lipinski definition) is 2. The summed E-state index contributed by atoms with van der Waals surface area (Å²) in [5, 5.41) is 19.1. The second-order valence-corrected chi connectivity index (χ2v) is 5.19. The molecule has 2 heterocycles. The molecule has 106 valence electrons. The molecule has 0 spiro atoms. The highest BCUT2D eigenvalue weighted by Crippen LogP contribution is 2.29. The number of pyridine rings is 1. The Morgan fingerprint density at radius 3 is 2.68 bits per heavy atom. The zero-order chi connectivity index (χ0) is 14.0. The van der Waals surface area contributed by atoms with Crippen LogP contribution in [0.25, 0.3) is 0 Å². The summed E-state index contributed by atoms with van der Waals surface area (Å²) in [5.74, 6) is 0.543. The molecule has 2 N–H and O–H groups in total. The van der Waals surface area contributed by atoms with E-state index in [1.54, 1.807) is 0 Å². The molecule has 1 aliphatic heterocycles. The summed E-state index contributed by atoms with van der Waals surface area (Å²) in [6, 6.07) is 3.31. The van der Waals surface area contributed by atoms with Gasteiger partial charge in [-0.15, -0.1) is 0 Å². The van der Waals surface area contributed by atoms with Gasteiger partial charge in [-0.3, -0.25) is 0 Å². The Bertz CT molecular complexity index is 443. The lowest BCUT2D eigenvalue weighted by Gasteiger charge is -2.31. The highest BCUT2D eigenvalue weighted by molar-refractivity contribution is 7.99. The van der Waals surface area contributed by atoms with Gasteiger partial charge in [0.25, 0.3) is 0 Å². The van der Waals surface area contributed by atoms with Gasteiger partial charge >= 0.3 is 6.18 Å². The zero-order valence-corrected chi connectivity index (χ0v) is 10.5. The van der Waals surface area contributed by atoms with Crippen LogP contribution in [-0.2, 0) is 6.18 Å². The number of halogens is 3. The molecule has 0 aromatic carbocycles. The Kier molecular flexibility index (Phi) is 4.22. The largest absolute Gasteiger partial charge is 0.471 e. The van der Waals surface area contributed by atoms with Gasteiger partial charge < -0.3 is 14.9 Å². The van der Waals surface area contributed by atoms with Crippen LogP contribution in [0.3, 0.4) is 0 Å². The minimum Gasteiger partial charge on any atom is -0.471 e. The maximum absolute atomic E-state index is 12.5. The van der Waals surface area contributed by atoms with Crippen LogP contribution < -0.4 is 4.74 Å². The fourth-order valence-electron chi connectivity index (χ4n) is 1.65. The quantitative estimate of drug-likeness (QED) is 0.861. The maximum Gasteiger partial charge on any atom is 0.433 e. The van der Waals surface area contributed by atoms with Crippen molar-refractivity contribution in [2.75, 3.05) is 11.5 Å². The first kappa shape index (κ1) is 14.4. The van der Waals surface area contributed by atoms with Crippen LogP contribution in [0.1, 0.15) is 5.69 Å². The minimum absolute atomic E-state index is 0.214. The van der Waals surface area contributed by atoms with E-state index in [9.17, 15) is 23.4 Å². The molecule has 3 atom stereocenters. The Hall–Kier alpha value is -0.990. The summed E-state index contributed by atoms with van der Waals surface area (Å²) in [6.45, 7) is 0. The number of alkyl halides is 3. The third-order valence-corrected chi connectivity index (χ3v) is 3.77. The predicted molar refractivity (Wildman–Crippen MR) is 63.0 cm³/mol. The maximum atomic E-state index is 12.5. The van der Waals surface area contributed by atoms with Crippen molar-refractivity contribution in [3.63, 3.8) is 0 Å². The molecule has 4 nitrogen and oxygen atoms in total. The first-order valence-corrected chi connectivity index (χ1v) is 6.68. The van der Waals surface area contributed by atoms with E-state index in [4.69, 9.17) is 4.74 Å². The third kappa shape index (κ3) is 3.52. The first-order chi connectivity index (χ1) is 8.88. The second-order valence-electron chi connectivity index (χ2n) is 4.11. The molecule has 1 aromatic rings. The lowest BCUT2D eigenvalue weighted by Crippen LogP contribution is -2.47. The molecule has 0 amide bonds. The third-order valence-electron chi connectivity index (χ3n) is 2.63. The molecular formula is C11H12F3NO3S. The summed E-state index contributed by atoms with van der Waals surface area (Å²) < 4.78 is 42.7. The van der Waals surface area contributed by atoms with Gasteiger partial charge in [0.15, 0.2) is 0 Å². The predicted octanol–water partition coefficient (Wildman–Crippen LogP) is 1.32. The Morgan fingerprint density at radius 2 is 2.00 bits per heavy atom. The number of aromatic nitrogens is 1. The van der Waals surface area contributed by atoms with E-state index in [1.165, 1.54) is 23.9 Å². The van der Waals surface area contributed by atoms with Crippen LogP contribution in [0.15, 0.2) is 18.2 Å². The summed E-state index contributed by atoms with van der Waals surface area (Å²) in [4.78, 5) is 3.35. The van der Waals surface area contributed by atoms with E-state index in [0.717, 1.165) is 6.07 Å². The number of hydrogen-bond acceptors (Lipinski definition) is 5. The molecule has 0 aliphatic carbocycles. The van der Waals surface area contributed by atoms with E-state index >= 15 is 0 Å². The summed E-state index contributed by atoms with van der Waals surface area (Å²) >= 11 is 1.36. The summed E-state index contributed by atoms with van der Waals surface area (Å²) in [6.07, 6.45) is -7.39. The van der Waals surface area contributed by atoms with E-state index in [2.05, 4.69) is 4.98 Å². The number of thioether (sulfide) groups is 1. The molecule has 1 aliphatic rings. The molecular weight excluding hydrogens is 283 g/mol. The van der Waals surface area contributed by atoms with Crippen LogP contribution >= 0.6 is 11.8 Å². The molecule has 1 fully saturated rings. The summed E-state index contributed by atoms with van der Waals surface area (Å²) in [5.41, 5.74) is -1.05. The molecule has 1 saturated heterocycles. The Labute approximate surface area is 111 Å². The van der Waals surface area contributed by atoms with Crippen molar-refractivity contribution in [2.45, 2.75) is 24.5 Å². The van der Waals surface area contributed by atoms with Crippen molar-refractivity contribution >= 4 is 11.8 Å². The fourth-order valence-corrected chi connectivity index (χ4v) is 2.72. The highest BCUT2D eigenvalue weighted by Gasteiger charge is 2.35. The average molecular weight is 295 g/mol. The number of aliphatic hydroxyl groups is 2. The SMILES string of the molecule is O[C@@H]1[C@@H](Oc2cccc(C(F)(F)F)n2)CSC[C@@H]1O. The monoisotopic (exact) mass is 295 g/mol. The van der Waals surface area contributed by atoms with E-state index in [0.29, 0.717) is 11.5 Å². The van der Waals surface area contributed by atoms with Gasteiger partial charge in [0.05, 0.1) is 6.10 Å². The van der Waals surface area contributed by atoms with Crippen LogP contribution in [0, 0.1) is 0 Å². The standard InChI is InChI=1S/C11H12F3NO3S/c12-11(13,14)8-2-1-3-9(15-8)18-7-5-19-4-6(16)10(7)17/h1-3,6-7,10,16-17H,4-5H2/t6-,7-,10-/m0/s1. The zero-order valence-electron chi connectivity index (χ0n) is 9.67. The number of rotatable bonds is 2. The van der Waals surface area contributed by atoms with Crippen LogP contribution in [0.2, 0.25) is 0 Å². The first-order valence-electron chi connectivity index (χ1n) is 5.52. The van der Waals surface area contributed by atoms with Gasteiger partial charge in [-0.05, 0) is 6.07 Å². The molecule has 2 rings (SSSR count). The van der Waals surface area contributed by atoms with Crippen molar-refractivity contribution in [3.8, 4) is 5.88 Å². The Morgan fingerprint density at radius 1 is 1.26 bits per heavy atom. The van der Waals surface area contributed by atoms with Crippen molar-refractivity contribution in [2.24, 2.45) is 0 Å². The van der Waals surface area contributed by atoms with Crippen molar-refractivity contribution in [3.05, 3.63) is 23.9 Å². The van der Waals surface area contributed by atoms with Crippen molar-refractivity contribution < 1.29 is 28.1 Å².